The minimum absolute atomic E-state index is 0.0498. The van der Waals surface area contributed by atoms with Crippen molar-refractivity contribution in [3.63, 3.8) is 0 Å². The lowest BCUT2D eigenvalue weighted by Crippen LogP contribution is -2.51. The topological polar surface area (TPSA) is 56.1 Å². The molecule has 2 atom stereocenters. The number of carbonyl (C=O) groups is 1. The summed E-state index contributed by atoms with van der Waals surface area (Å²) in [7, 11) is 0. The lowest BCUT2D eigenvalue weighted by atomic mass is 9.93. The normalized spacial score (nSPS) is 23.7. The average molecular weight is 251 g/mol. The SMILES string of the molecule is CC(C)CN(CCC#N)C(=O)C1CC(C)CCN1. The first kappa shape index (κ1) is 15.0. The second-order valence-electron chi connectivity index (χ2n) is 5.72. The summed E-state index contributed by atoms with van der Waals surface area (Å²) in [5, 5.41) is 12.0. The molecule has 4 nitrogen and oxygen atoms in total. The Morgan fingerprint density at radius 2 is 2.28 bits per heavy atom. The molecule has 0 aromatic rings. The molecule has 1 saturated heterocycles. The van der Waals surface area contributed by atoms with Crippen LogP contribution in [-0.4, -0.2) is 36.5 Å². The minimum Gasteiger partial charge on any atom is -0.340 e. The van der Waals surface area contributed by atoms with E-state index in [2.05, 4.69) is 32.2 Å². The Balaban J connectivity index is 2.59. The van der Waals surface area contributed by atoms with Crippen LogP contribution in [0, 0.1) is 23.2 Å². The van der Waals surface area contributed by atoms with Gasteiger partial charge in [-0.2, -0.15) is 5.26 Å². The molecule has 2 unspecified atom stereocenters. The molecule has 0 radical (unpaired) electrons. The van der Waals surface area contributed by atoms with Crippen molar-refractivity contribution in [3.8, 4) is 6.07 Å². The van der Waals surface area contributed by atoms with Crippen molar-refractivity contribution in [2.24, 2.45) is 11.8 Å². The van der Waals surface area contributed by atoms with Gasteiger partial charge in [0.2, 0.25) is 5.91 Å². The maximum Gasteiger partial charge on any atom is 0.239 e. The third-order valence-corrected chi connectivity index (χ3v) is 3.35. The number of piperidine rings is 1. The average Bonchev–Trinajstić information content (AvgIpc) is 2.33. The fourth-order valence-electron chi connectivity index (χ4n) is 2.43. The van der Waals surface area contributed by atoms with Gasteiger partial charge < -0.3 is 10.2 Å². The van der Waals surface area contributed by atoms with E-state index in [1.807, 2.05) is 4.90 Å². The smallest absolute Gasteiger partial charge is 0.239 e. The second kappa shape index (κ2) is 7.38. The van der Waals surface area contributed by atoms with Crippen LogP contribution in [0.1, 0.15) is 40.0 Å². The summed E-state index contributed by atoms with van der Waals surface area (Å²) in [6.07, 6.45) is 2.48. The summed E-state index contributed by atoms with van der Waals surface area (Å²) in [5.74, 6) is 1.22. The molecular weight excluding hydrogens is 226 g/mol. The Kier molecular flexibility index (Phi) is 6.14. The van der Waals surface area contributed by atoms with Gasteiger partial charge in [0.05, 0.1) is 18.5 Å². The van der Waals surface area contributed by atoms with E-state index in [0.29, 0.717) is 24.8 Å². The van der Waals surface area contributed by atoms with Crippen molar-refractivity contribution < 1.29 is 4.79 Å². The predicted molar refractivity (Wildman–Crippen MR) is 71.8 cm³/mol. The third-order valence-electron chi connectivity index (χ3n) is 3.35. The molecular formula is C14H25N3O. The highest BCUT2D eigenvalue weighted by atomic mass is 16.2. The monoisotopic (exact) mass is 251 g/mol. The van der Waals surface area contributed by atoms with Crippen molar-refractivity contribution in [2.45, 2.75) is 46.1 Å². The maximum atomic E-state index is 12.4. The van der Waals surface area contributed by atoms with Crippen LogP contribution in [0.4, 0.5) is 0 Å². The minimum atomic E-state index is -0.0498. The van der Waals surface area contributed by atoms with Crippen LogP contribution in [0.5, 0.6) is 0 Å². The van der Waals surface area contributed by atoms with E-state index in [0.717, 1.165) is 25.9 Å². The lowest BCUT2D eigenvalue weighted by molar-refractivity contribution is -0.134. The molecule has 0 aromatic carbocycles. The van der Waals surface area contributed by atoms with Gasteiger partial charge in [0.15, 0.2) is 0 Å². The maximum absolute atomic E-state index is 12.4. The van der Waals surface area contributed by atoms with Gasteiger partial charge in [-0.1, -0.05) is 20.8 Å². The molecule has 4 heteroatoms. The number of amides is 1. The number of nitriles is 1. The number of nitrogens with zero attached hydrogens (tertiary/aromatic N) is 2. The first-order valence-corrected chi connectivity index (χ1v) is 6.93. The second-order valence-corrected chi connectivity index (χ2v) is 5.72. The van der Waals surface area contributed by atoms with Gasteiger partial charge in [0.25, 0.3) is 0 Å². The van der Waals surface area contributed by atoms with Gasteiger partial charge in [-0.15, -0.1) is 0 Å². The molecule has 0 saturated carbocycles. The molecule has 0 bridgehead atoms. The van der Waals surface area contributed by atoms with Gasteiger partial charge in [-0.3, -0.25) is 4.79 Å². The van der Waals surface area contributed by atoms with E-state index in [4.69, 9.17) is 5.26 Å². The summed E-state index contributed by atoms with van der Waals surface area (Å²) in [6, 6.07) is 2.07. The van der Waals surface area contributed by atoms with E-state index in [1.54, 1.807) is 0 Å². The molecule has 1 amide bonds. The van der Waals surface area contributed by atoms with Gasteiger partial charge in [0, 0.05) is 13.1 Å². The van der Waals surface area contributed by atoms with Gasteiger partial charge >= 0.3 is 0 Å². The van der Waals surface area contributed by atoms with Crippen LogP contribution in [0.25, 0.3) is 0 Å². The van der Waals surface area contributed by atoms with Crippen LogP contribution in [0.3, 0.4) is 0 Å². The Hall–Kier alpha value is -1.08. The highest BCUT2D eigenvalue weighted by Crippen LogP contribution is 2.17. The van der Waals surface area contributed by atoms with Crippen LogP contribution >= 0.6 is 0 Å². The Morgan fingerprint density at radius 1 is 1.56 bits per heavy atom. The van der Waals surface area contributed by atoms with E-state index < -0.39 is 0 Å². The zero-order valence-electron chi connectivity index (χ0n) is 11.8. The molecule has 0 aliphatic carbocycles. The molecule has 1 fully saturated rings. The molecule has 0 aromatic heterocycles. The van der Waals surface area contributed by atoms with Gasteiger partial charge in [0.1, 0.15) is 0 Å². The fourth-order valence-corrected chi connectivity index (χ4v) is 2.43. The van der Waals surface area contributed by atoms with E-state index in [9.17, 15) is 4.79 Å². The number of hydrogen-bond donors (Lipinski definition) is 1. The van der Waals surface area contributed by atoms with Crippen LogP contribution in [0.15, 0.2) is 0 Å². The third kappa shape index (κ3) is 4.66. The highest BCUT2D eigenvalue weighted by molar-refractivity contribution is 5.82. The van der Waals surface area contributed by atoms with Gasteiger partial charge in [-0.25, -0.2) is 0 Å². The molecule has 1 N–H and O–H groups in total. The zero-order chi connectivity index (χ0) is 13.5. The largest absolute Gasteiger partial charge is 0.340 e. The summed E-state index contributed by atoms with van der Waals surface area (Å²) in [5.41, 5.74) is 0. The lowest BCUT2D eigenvalue weighted by Gasteiger charge is -2.32. The molecule has 1 rings (SSSR count). The summed E-state index contributed by atoms with van der Waals surface area (Å²) < 4.78 is 0. The molecule has 102 valence electrons. The quantitative estimate of drug-likeness (QED) is 0.810. The Labute approximate surface area is 110 Å². The molecule has 1 aliphatic rings. The van der Waals surface area contributed by atoms with Crippen LogP contribution < -0.4 is 5.32 Å². The van der Waals surface area contributed by atoms with Crippen molar-refractivity contribution in [2.75, 3.05) is 19.6 Å². The molecule has 1 heterocycles. The first-order chi connectivity index (χ1) is 8.54. The summed E-state index contributed by atoms with van der Waals surface area (Å²) in [4.78, 5) is 14.3. The highest BCUT2D eigenvalue weighted by Gasteiger charge is 2.28. The van der Waals surface area contributed by atoms with Crippen molar-refractivity contribution in [1.29, 1.82) is 5.26 Å². The van der Waals surface area contributed by atoms with E-state index in [1.165, 1.54) is 0 Å². The number of hydrogen-bond acceptors (Lipinski definition) is 3. The van der Waals surface area contributed by atoms with Gasteiger partial charge in [-0.05, 0) is 31.2 Å². The first-order valence-electron chi connectivity index (χ1n) is 6.93. The van der Waals surface area contributed by atoms with Crippen LogP contribution in [-0.2, 0) is 4.79 Å². The number of carbonyl (C=O) groups excluding carboxylic acids is 1. The van der Waals surface area contributed by atoms with Crippen molar-refractivity contribution in [1.82, 2.24) is 10.2 Å². The number of rotatable bonds is 5. The predicted octanol–water partition coefficient (Wildman–Crippen LogP) is 1.77. The van der Waals surface area contributed by atoms with E-state index in [-0.39, 0.29) is 11.9 Å². The molecule has 1 aliphatic heterocycles. The van der Waals surface area contributed by atoms with Crippen LogP contribution in [0.2, 0.25) is 0 Å². The zero-order valence-corrected chi connectivity index (χ0v) is 11.8. The summed E-state index contributed by atoms with van der Waals surface area (Å²) in [6.45, 7) is 8.62. The fraction of sp³-hybridized carbons (Fsp3) is 0.857. The van der Waals surface area contributed by atoms with E-state index >= 15 is 0 Å². The van der Waals surface area contributed by atoms with Crippen molar-refractivity contribution in [3.05, 3.63) is 0 Å². The molecule has 18 heavy (non-hydrogen) atoms. The van der Waals surface area contributed by atoms with Crippen molar-refractivity contribution >= 4 is 5.91 Å². The molecule has 0 spiro atoms. The Bertz CT molecular complexity index is 309. The Morgan fingerprint density at radius 3 is 2.83 bits per heavy atom. The number of nitrogens with one attached hydrogen (secondary N) is 1. The standard InChI is InChI=1S/C14H25N3O/c1-11(2)10-17(8-4-6-15)14(18)13-9-12(3)5-7-16-13/h11-13,16H,4-5,7-10H2,1-3H3. The summed E-state index contributed by atoms with van der Waals surface area (Å²) >= 11 is 0.